The zero-order valence-electron chi connectivity index (χ0n) is 11.4. The van der Waals surface area contributed by atoms with Crippen LogP contribution in [-0.2, 0) is 6.54 Å². The van der Waals surface area contributed by atoms with Crippen LogP contribution < -0.4 is 5.32 Å². The summed E-state index contributed by atoms with van der Waals surface area (Å²) >= 11 is 3.55. The summed E-state index contributed by atoms with van der Waals surface area (Å²) in [5, 5.41) is 3.56. The Kier molecular flexibility index (Phi) is 5.22. The van der Waals surface area contributed by atoms with E-state index in [9.17, 15) is 0 Å². The number of nitrogens with zero attached hydrogens (tertiary/aromatic N) is 1. The molecule has 0 bridgehead atoms. The monoisotopic (exact) mass is 310 g/mol. The van der Waals surface area contributed by atoms with Gasteiger partial charge < -0.3 is 10.2 Å². The molecule has 1 aliphatic rings. The Morgan fingerprint density at radius 2 is 2.28 bits per heavy atom. The molecule has 0 aliphatic carbocycles. The van der Waals surface area contributed by atoms with E-state index in [0.717, 1.165) is 12.6 Å². The predicted molar refractivity (Wildman–Crippen MR) is 80.9 cm³/mol. The topological polar surface area (TPSA) is 15.3 Å². The average molecular weight is 311 g/mol. The molecule has 18 heavy (non-hydrogen) atoms. The summed E-state index contributed by atoms with van der Waals surface area (Å²) in [7, 11) is 2.22. The molecule has 0 amide bonds. The highest BCUT2D eigenvalue weighted by Crippen LogP contribution is 2.18. The van der Waals surface area contributed by atoms with Crippen molar-refractivity contribution in [1.82, 2.24) is 10.2 Å². The summed E-state index contributed by atoms with van der Waals surface area (Å²) in [6.07, 6.45) is 3.96. The summed E-state index contributed by atoms with van der Waals surface area (Å²) in [5.41, 5.74) is 2.80. The van der Waals surface area contributed by atoms with Crippen LogP contribution in [-0.4, -0.2) is 31.1 Å². The minimum atomic E-state index is 0.746. The Hall–Kier alpha value is -0.380. The van der Waals surface area contributed by atoms with E-state index in [1.54, 1.807) is 0 Å². The average Bonchev–Trinajstić information content (AvgIpc) is 2.84. The van der Waals surface area contributed by atoms with E-state index in [1.165, 1.54) is 48.0 Å². The summed E-state index contributed by atoms with van der Waals surface area (Å²) in [4.78, 5) is 2.43. The van der Waals surface area contributed by atoms with Gasteiger partial charge in [-0.3, -0.25) is 0 Å². The largest absolute Gasteiger partial charge is 0.314 e. The molecule has 100 valence electrons. The second kappa shape index (κ2) is 6.69. The van der Waals surface area contributed by atoms with Crippen LogP contribution >= 0.6 is 15.9 Å². The maximum atomic E-state index is 3.56. The van der Waals surface area contributed by atoms with Crippen LogP contribution in [0.25, 0.3) is 0 Å². The second-order valence-electron chi connectivity index (χ2n) is 5.39. The van der Waals surface area contributed by atoms with Gasteiger partial charge in [0, 0.05) is 17.1 Å². The maximum absolute atomic E-state index is 3.56. The molecule has 0 radical (unpaired) electrons. The van der Waals surface area contributed by atoms with Gasteiger partial charge in [0.15, 0.2) is 0 Å². The lowest BCUT2D eigenvalue weighted by Gasteiger charge is -2.20. The number of nitrogens with one attached hydrogen (secondary N) is 1. The van der Waals surface area contributed by atoms with Crippen LogP contribution in [0.5, 0.6) is 0 Å². The Labute approximate surface area is 119 Å². The zero-order chi connectivity index (χ0) is 13.0. The standard InChI is InChI=1S/C15H23BrN2/c1-12-5-6-14(16)10-13(12)11-18(2)9-7-15-4-3-8-17-15/h5-6,10,15,17H,3-4,7-9,11H2,1-2H3. The molecule has 1 atom stereocenters. The fraction of sp³-hybridized carbons (Fsp3) is 0.600. The van der Waals surface area contributed by atoms with Gasteiger partial charge in [0.05, 0.1) is 0 Å². The van der Waals surface area contributed by atoms with Crippen molar-refractivity contribution in [3.63, 3.8) is 0 Å². The molecule has 1 aliphatic heterocycles. The van der Waals surface area contributed by atoms with Gasteiger partial charge in [-0.2, -0.15) is 0 Å². The Morgan fingerprint density at radius 3 is 3.00 bits per heavy atom. The molecule has 3 heteroatoms. The smallest absolute Gasteiger partial charge is 0.0233 e. The molecule has 1 unspecified atom stereocenters. The third-order valence-electron chi connectivity index (χ3n) is 3.77. The van der Waals surface area contributed by atoms with Crippen LogP contribution in [0.4, 0.5) is 0 Å². The van der Waals surface area contributed by atoms with Gasteiger partial charge in [0.1, 0.15) is 0 Å². The quantitative estimate of drug-likeness (QED) is 0.897. The van der Waals surface area contributed by atoms with E-state index in [4.69, 9.17) is 0 Å². The minimum absolute atomic E-state index is 0.746. The molecular weight excluding hydrogens is 288 g/mol. The molecule has 2 nitrogen and oxygen atoms in total. The second-order valence-corrected chi connectivity index (χ2v) is 6.31. The summed E-state index contributed by atoms with van der Waals surface area (Å²) in [5.74, 6) is 0. The third-order valence-corrected chi connectivity index (χ3v) is 4.27. The Bertz CT molecular complexity index is 386. The number of rotatable bonds is 5. The normalized spacial score (nSPS) is 19.7. The lowest BCUT2D eigenvalue weighted by molar-refractivity contribution is 0.305. The van der Waals surface area contributed by atoms with Crippen molar-refractivity contribution in [2.45, 2.75) is 38.8 Å². The van der Waals surface area contributed by atoms with Crippen LogP contribution in [0.1, 0.15) is 30.4 Å². The summed E-state index contributed by atoms with van der Waals surface area (Å²) in [6, 6.07) is 7.28. The fourth-order valence-electron chi connectivity index (χ4n) is 2.56. The van der Waals surface area contributed by atoms with Crippen molar-refractivity contribution in [2.75, 3.05) is 20.1 Å². The van der Waals surface area contributed by atoms with Gasteiger partial charge in [-0.1, -0.05) is 22.0 Å². The van der Waals surface area contributed by atoms with Crippen molar-refractivity contribution in [1.29, 1.82) is 0 Å². The van der Waals surface area contributed by atoms with Crippen LogP contribution in [0, 0.1) is 6.92 Å². The first kappa shape index (κ1) is 14.0. The van der Waals surface area contributed by atoms with Crippen molar-refractivity contribution in [3.8, 4) is 0 Å². The maximum Gasteiger partial charge on any atom is 0.0233 e. The zero-order valence-corrected chi connectivity index (χ0v) is 13.0. The van der Waals surface area contributed by atoms with Gasteiger partial charge in [0.25, 0.3) is 0 Å². The fourth-order valence-corrected chi connectivity index (χ4v) is 2.97. The van der Waals surface area contributed by atoms with E-state index < -0.39 is 0 Å². The third kappa shape index (κ3) is 4.08. The highest BCUT2D eigenvalue weighted by atomic mass is 79.9. The predicted octanol–water partition coefficient (Wildman–Crippen LogP) is 3.33. The Balaban J connectivity index is 1.82. The molecule has 1 saturated heterocycles. The van der Waals surface area contributed by atoms with Crippen LogP contribution in [0.3, 0.4) is 0 Å². The van der Waals surface area contributed by atoms with Gasteiger partial charge in [-0.15, -0.1) is 0 Å². The molecule has 1 aromatic rings. The van der Waals surface area contributed by atoms with Gasteiger partial charge in [-0.25, -0.2) is 0 Å². The van der Waals surface area contributed by atoms with Crippen LogP contribution in [0.15, 0.2) is 22.7 Å². The number of hydrogen-bond acceptors (Lipinski definition) is 2. The van der Waals surface area contributed by atoms with Gasteiger partial charge in [0.2, 0.25) is 0 Å². The van der Waals surface area contributed by atoms with Crippen LogP contribution in [0.2, 0.25) is 0 Å². The number of benzene rings is 1. The Morgan fingerprint density at radius 1 is 1.44 bits per heavy atom. The number of halogens is 1. The van der Waals surface area contributed by atoms with E-state index in [2.05, 4.69) is 58.3 Å². The lowest BCUT2D eigenvalue weighted by atomic mass is 10.1. The first-order chi connectivity index (χ1) is 8.65. The van der Waals surface area contributed by atoms with E-state index >= 15 is 0 Å². The summed E-state index contributed by atoms with van der Waals surface area (Å²) < 4.78 is 1.17. The molecule has 0 saturated carbocycles. The lowest BCUT2D eigenvalue weighted by Crippen LogP contribution is -2.28. The highest BCUT2D eigenvalue weighted by molar-refractivity contribution is 9.10. The van der Waals surface area contributed by atoms with Gasteiger partial charge >= 0.3 is 0 Å². The minimum Gasteiger partial charge on any atom is -0.314 e. The van der Waals surface area contributed by atoms with Crippen molar-refractivity contribution in [2.24, 2.45) is 0 Å². The summed E-state index contributed by atoms with van der Waals surface area (Å²) in [6.45, 7) is 5.61. The molecule has 0 aromatic heterocycles. The molecule has 1 aromatic carbocycles. The van der Waals surface area contributed by atoms with E-state index in [1.807, 2.05) is 0 Å². The van der Waals surface area contributed by atoms with E-state index in [-0.39, 0.29) is 0 Å². The molecule has 1 N–H and O–H groups in total. The van der Waals surface area contributed by atoms with Crippen molar-refractivity contribution in [3.05, 3.63) is 33.8 Å². The molecule has 1 fully saturated rings. The first-order valence-electron chi connectivity index (χ1n) is 6.82. The SMILES string of the molecule is Cc1ccc(Br)cc1CN(C)CCC1CCCN1. The number of aryl methyl sites for hydroxylation is 1. The number of hydrogen-bond donors (Lipinski definition) is 1. The molecular formula is C15H23BrN2. The van der Waals surface area contributed by atoms with Crippen molar-refractivity contribution >= 4 is 15.9 Å². The first-order valence-corrected chi connectivity index (χ1v) is 7.61. The highest BCUT2D eigenvalue weighted by Gasteiger charge is 2.14. The van der Waals surface area contributed by atoms with Gasteiger partial charge in [-0.05, 0) is 69.6 Å². The molecule has 2 rings (SSSR count). The van der Waals surface area contributed by atoms with E-state index in [0.29, 0.717) is 0 Å². The molecule has 0 spiro atoms. The van der Waals surface area contributed by atoms with Crippen molar-refractivity contribution < 1.29 is 0 Å². The molecule has 1 heterocycles.